The van der Waals surface area contributed by atoms with Crippen molar-refractivity contribution in [2.75, 3.05) is 19.6 Å². The predicted octanol–water partition coefficient (Wildman–Crippen LogP) is 0.0916. The second-order valence-electron chi connectivity index (χ2n) is 5.73. The molecule has 3 N–H and O–H groups in total. The van der Waals surface area contributed by atoms with Gasteiger partial charge < -0.3 is 15.8 Å². The predicted molar refractivity (Wildman–Crippen MR) is 70.2 cm³/mol. The number of fused-ring (bicyclic) bond motifs is 2. The van der Waals surface area contributed by atoms with Crippen molar-refractivity contribution in [3.05, 3.63) is 0 Å². The molecule has 2 saturated heterocycles. The van der Waals surface area contributed by atoms with Crippen molar-refractivity contribution in [3.63, 3.8) is 0 Å². The molecule has 0 aromatic heterocycles. The Labute approximate surface area is 109 Å². The largest absolute Gasteiger partial charge is 0.372 e. The lowest BCUT2D eigenvalue weighted by atomic mass is 10.1. The molecule has 5 heteroatoms. The van der Waals surface area contributed by atoms with E-state index >= 15 is 0 Å². The van der Waals surface area contributed by atoms with Gasteiger partial charge in [-0.3, -0.25) is 9.69 Å². The van der Waals surface area contributed by atoms with Crippen molar-refractivity contribution in [1.82, 2.24) is 10.2 Å². The Balaban J connectivity index is 1.86. The maximum absolute atomic E-state index is 11.8. The van der Waals surface area contributed by atoms with Crippen molar-refractivity contribution in [2.45, 2.75) is 57.4 Å². The van der Waals surface area contributed by atoms with Gasteiger partial charge in [0.05, 0.1) is 12.2 Å². The monoisotopic (exact) mass is 255 g/mol. The Morgan fingerprint density at radius 1 is 1.39 bits per heavy atom. The van der Waals surface area contributed by atoms with Gasteiger partial charge in [0.1, 0.15) is 0 Å². The summed E-state index contributed by atoms with van der Waals surface area (Å²) in [6.45, 7) is 6.33. The number of nitrogens with one attached hydrogen (secondary N) is 1. The van der Waals surface area contributed by atoms with Gasteiger partial charge in [-0.2, -0.15) is 0 Å². The molecule has 0 radical (unpaired) electrons. The van der Waals surface area contributed by atoms with Crippen molar-refractivity contribution in [1.29, 1.82) is 0 Å². The van der Waals surface area contributed by atoms with Gasteiger partial charge in [0.15, 0.2) is 0 Å². The third kappa shape index (κ3) is 3.43. The van der Waals surface area contributed by atoms with E-state index in [-0.39, 0.29) is 18.0 Å². The number of nitrogens with two attached hydrogens (primary N) is 1. The fourth-order valence-electron chi connectivity index (χ4n) is 2.90. The van der Waals surface area contributed by atoms with Gasteiger partial charge in [-0.15, -0.1) is 0 Å². The van der Waals surface area contributed by atoms with E-state index in [1.165, 1.54) is 0 Å². The van der Waals surface area contributed by atoms with Crippen LogP contribution in [0.5, 0.6) is 0 Å². The standard InChI is InChI=1S/C13H25N3O2/c1-9(2)15-13(17)5-10(6-14)16-7-11-3-4-12(8-16)18-11/h9-12H,3-8,14H2,1-2H3,(H,15,17). The van der Waals surface area contributed by atoms with Crippen LogP contribution in [0.4, 0.5) is 0 Å². The van der Waals surface area contributed by atoms with Crippen molar-refractivity contribution >= 4 is 5.91 Å². The van der Waals surface area contributed by atoms with Crippen molar-refractivity contribution < 1.29 is 9.53 Å². The number of ether oxygens (including phenoxy) is 1. The van der Waals surface area contributed by atoms with Crippen LogP contribution < -0.4 is 11.1 Å². The third-order valence-electron chi connectivity index (χ3n) is 3.73. The van der Waals surface area contributed by atoms with Crippen LogP contribution in [0.15, 0.2) is 0 Å². The van der Waals surface area contributed by atoms with Crippen LogP contribution in [0, 0.1) is 0 Å². The second kappa shape index (κ2) is 5.99. The normalized spacial score (nSPS) is 29.6. The van der Waals surface area contributed by atoms with Crippen LogP contribution >= 0.6 is 0 Å². The summed E-state index contributed by atoms with van der Waals surface area (Å²) in [4.78, 5) is 14.2. The first-order valence-corrected chi connectivity index (χ1v) is 6.97. The highest BCUT2D eigenvalue weighted by atomic mass is 16.5. The fraction of sp³-hybridized carbons (Fsp3) is 0.923. The van der Waals surface area contributed by atoms with Crippen LogP contribution in [0.1, 0.15) is 33.1 Å². The van der Waals surface area contributed by atoms with Gasteiger partial charge in [-0.1, -0.05) is 0 Å². The maximum Gasteiger partial charge on any atom is 0.221 e. The molecule has 0 aliphatic carbocycles. The average molecular weight is 255 g/mol. The van der Waals surface area contributed by atoms with Crippen molar-refractivity contribution in [3.8, 4) is 0 Å². The second-order valence-corrected chi connectivity index (χ2v) is 5.73. The molecule has 0 aromatic carbocycles. The Hall–Kier alpha value is -0.650. The van der Waals surface area contributed by atoms with Gasteiger partial charge in [0.2, 0.25) is 5.91 Å². The zero-order chi connectivity index (χ0) is 13.1. The minimum Gasteiger partial charge on any atom is -0.372 e. The molecule has 3 atom stereocenters. The molecule has 2 bridgehead atoms. The zero-order valence-corrected chi connectivity index (χ0v) is 11.4. The lowest BCUT2D eigenvalue weighted by Crippen LogP contribution is -2.52. The van der Waals surface area contributed by atoms with E-state index in [4.69, 9.17) is 10.5 Å². The quantitative estimate of drug-likeness (QED) is 0.731. The zero-order valence-electron chi connectivity index (χ0n) is 11.4. The smallest absolute Gasteiger partial charge is 0.221 e. The summed E-state index contributed by atoms with van der Waals surface area (Å²) in [6, 6.07) is 0.340. The summed E-state index contributed by atoms with van der Waals surface area (Å²) in [5.41, 5.74) is 5.83. The molecular weight excluding hydrogens is 230 g/mol. The van der Waals surface area contributed by atoms with Crippen LogP contribution in [0.25, 0.3) is 0 Å². The van der Waals surface area contributed by atoms with E-state index in [2.05, 4.69) is 10.2 Å². The minimum absolute atomic E-state index is 0.0966. The summed E-state index contributed by atoms with van der Waals surface area (Å²) in [5.74, 6) is 0.0966. The first-order chi connectivity index (χ1) is 8.58. The van der Waals surface area contributed by atoms with Crippen LogP contribution in [0.2, 0.25) is 0 Å². The van der Waals surface area contributed by atoms with Crippen molar-refractivity contribution in [2.24, 2.45) is 5.73 Å². The molecule has 2 rings (SSSR count). The van der Waals surface area contributed by atoms with Gasteiger partial charge >= 0.3 is 0 Å². The third-order valence-corrected chi connectivity index (χ3v) is 3.73. The number of carbonyl (C=O) groups is 1. The minimum atomic E-state index is 0.0966. The molecule has 0 aromatic rings. The summed E-state index contributed by atoms with van der Waals surface area (Å²) >= 11 is 0. The molecule has 2 heterocycles. The first-order valence-electron chi connectivity index (χ1n) is 6.97. The summed E-state index contributed by atoms with van der Waals surface area (Å²) in [7, 11) is 0. The van der Waals surface area contributed by atoms with Crippen LogP contribution in [0.3, 0.4) is 0 Å². The molecule has 18 heavy (non-hydrogen) atoms. The lowest BCUT2D eigenvalue weighted by molar-refractivity contribution is -0.124. The molecule has 104 valence electrons. The van der Waals surface area contributed by atoms with Gasteiger partial charge in [0, 0.05) is 38.1 Å². The number of hydrogen-bond acceptors (Lipinski definition) is 4. The topological polar surface area (TPSA) is 67.6 Å². The maximum atomic E-state index is 11.8. The molecule has 0 saturated carbocycles. The molecule has 2 aliphatic rings. The van der Waals surface area contributed by atoms with Crippen LogP contribution in [-0.2, 0) is 9.53 Å². The molecular formula is C13H25N3O2. The lowest BCUT2D eigenvalue weighted by Gasteiger charge is -2.37. The Kier molecular flexibility index (Phi) is 4.59. The number of hydrogen-bond donors (Lipinski definition) is 2. The molecule has 0 spiro atoms. The number of carbonyl (C=O) groups excluding carboxylic acids is 1. The Morgan fingerprint density at radius 3 is 2.50 bits per heavy atom. The summed E-state index contributed by atoms with van der Waals surface area (Å²) in [5, 5.41) is 2.93. The fourth-order valence-corrected chi connectivity index (χ4v) is 2.90. The van der Waals surface area contributed by atoms with E-state index in [9.17, 15) is 4.79 Å². The SMILES string of the molecule is CC(C)NC(=O)CC(CN)N1CC2CCC(C1)O2. The Bertz CT molecular complexity index is 284. The number of likely N-dealkylation sites (tertiary alicyclic amines) is 1. The van der Waals surface area contributed by atoms with E-state index in [1.54, 1.807) is 0 Å². The van der Waals surface area contributed by atoms with Gasteiger partial charge in [0.25, 0.3) is 0 Å². The highest BCUT2D eigenvalue weighted by molar-refractivity contribution is 5.76. The summed E-state index contributed by atoms with van der Waals surface area (Å²) < 4.78 is 5.81. The highest BCUT2D eigenvalue weighted by Gasteiger charge is 2.36. The molecule has 5 nitrogen and oxygen atoms in total. The van der Waals surface area contributed by atoms with E-state index in [1.807, 2.05) is 13.8 Å². The number of morpholine rings is 1. The van der Waals surface area contributed by atoms with E-state index < -0.39 is 0 Å². The van der Waals surface area contributed by atoms with E-state index in [0.29, 0.717) is 25.2 Å². The molecule has 2 fully saturated rings. The van der Waals surface area contributed by atoms with Gasteiger partial charge in [-0.25, -0.2) is 0 Å². The molecule has 1 amide bonds. The number of amides is 1. The first kappa shape index (κ1) is 13.8. The number of nitrogens with zero attached hydrogens (tertiary/aromatic N) is 1. The summed E-state index contributed by atoms with van der Waals surface area (Å²) in [6.07, 6.45) is 3.50. The molecule has 3 unspecified atom stereocenters. The average Bonchev–Trinajstić information content (AvgIpc) is 2.64. The highest BCUT2D eigenvalue weighted by Crippen LogP contribution is 2.27. The van der Waals surface area contributed by atoms with Crippen LogP contribution in [-0.4, -0.2) is 54.7 Å². The van der Waals surface area contributed by atoms with Gasteiger partial charge in [-0.05, 0) is 26.7 Å². The Morgan fingerprint density at radius 2 is 2.00 bits per heavy atom. The number of rotatable bonds is 5. The molecule has 2 aliphatic heterocycles. The van der Waals surface area contributed by atoms with E-state index in [0.717, 1.165) is 25.9 Å².